The second-order valence-electron chi connectivity index (χ2n) is 5.61. The summed E-state index contributed by atoms with van der Waals surface area (Å²) < 4.78 is 5.69. The van der Waals surface area contributed by atoms with Crippen molar-refractivity contribution in [2.75, 3.05) is 37.7 Å². The Morgan fingerprint density at radius 2 is 1.91 bits per heavy atom. The van der Waals surface area contributed by atoms with Crippen molar-refractivity contribution in [1.82, 2.24) is 4.90 Å². The van der Waals surface area contributed by atoms with Crippen molar-refractivity contribution in [3.8, 4) is 5.75 Å². The Hall–Kier alpha value is -1.75. The van der Waals surface area contributed by atoms with Gasteiger partial charge in [-0.2, -0.15) is 0 Å². The van der Waals surface area contributed by atoms with E-state index < -0.39 is 0 Å². The van der Waals surface area contributed by atoms with Crippen molar-refractivity contribution < 1.29 is 9.53 Å². The lowest BCUT2D eigenvalue weighted by molar-refractivity contribution is -0.133. The molecule has 0 aromatic heterocycles. The average molecular weight is 305 g/mol. The van der Waals surface area contributed by atoms with Crippen LogP contribution in [0.25, 0.3) is 0 Å². The van der Waals surface area contributed by atoms with Crippen LogP contribution >= 0.6 is 0 Å². The smallest absolute Gasteiger partial charge is 0.239 e. The predicted octanol–water partition coefficient (Wildman–Crippen LogP) is 1.86. The molecule has 2 N–H and O–H groups in total. The van der Waals surface area contributed by atoms with Crippen LogP contribution in [0, 0.1) is 0 Å². The summed E-state index contributed by atoms with van der Waals surface area (Å²) in [5.74, 6) is 0.993. The number of nitrogens with two attached hydrogens (primary N) is 1. The maximum Gasteiger partial charge on any atom is 0.239 e. The first-order chi connectivity index (χ1) is 10.7. The van der Waals surface area contributed by atoms with Gasteiger partial charge in [0.15, 0.2) is 0 Å². The van der Waals surface area contributed by atoms with Gasteiger partial charge in [-0.15, -0.1) is 0 Å². The number of ether oxygens (including phenoxy) is 1. The van der Waals surface area contributed by atoms with Crippen molar-refractivity contribution in [3.05, 3.63) is 24.3 Å². The number of carbonyl (C=O) groups is 1. The summed E-state index contributed by atoms with van der Waals surface area (Å²) in [5, 5.41) is 0. The van der Waals surface area contributed by atoms with E-state index in [1.807, 2.05) is 30.0 Å². The second kappa shape index (κ2) is 8.03. The van der Waals surface area contributed by atoms with Gasteiger partial charge in [-0.1, -0.05) is 25.5 Å². The normalized spacial score (nSPS) is 16.5. The molecule has 0 bridgehead atoms. The van der Waals surface area contributed by atoms with E-state index in [4.69, 9.17) is 10.5 Å². The first-order valence-electron chi connectivity index (χ1n) is 8.18. The van der Waals surface area contributed by atoms with Crippen LogP contribution in [0.5, 0.6) is 5.75 Å². The highest BCUT2D eigenvalue weighted by Crippen LogP contribution is 2.28. The summed E-state index contributed by atoms with van der Waals surface area (Å²) in [4.78, 5) is 16.4. The fraction of sp³-hybridized carbons (Fsp3) is 0.588. The monoisotopic (exact) mass is 305 g/mol. The molecule has 5 heteroatoms. The van der Waals surface area contributed by atoms with Crippen LogP contribution in [0.3, 0.4) is 0 Å². The molecule has 1 aromatic rings. The quantitative estimate of drug-likeness (QED) is 0.871. The minimum Gasteiger partial charge on any atom is -0.492 e. The third-order valence-corrected chi connectivity index (χ3v) is 4.01. The standard InChI is InChI=1S/C17H27N3O2/c1-3-7-14(18)17(21)20-12-10-19(11-13-20)15-8-5-6-9-16(15)22-4-2/h5-6,8-9,14H,3-4,7,10-13,18H2,1-2H3. The molecule has 0 saturated carbocycles. The van der Waals surface area contributed by atoms with Crippen molar-refractivity contribution in [1.29, 1.82) is 0 Å². The SMILES string of the molecule is CCCC(N)C(=O)N1CCN(c2ccccc2OCC)CC1. The number of nitrogens with zero attached hydrogens (tertiary/aromatic N) is 2. The van der Waals surface area contributed by atoms with Crippen molar-refractivity contribution in [2.45, 2.75) is 32.7 Å². The molecule has 1 aromatic carbocycles. The molecule has 1 fully saturated rings. The van der Waals surface area contributed by atoms with Gasteiger partial charge in [0.2, 0.25) is 5.91 Å². The van der Waals surface area contributed by atoms with E-state index in [0.717, 1.165) is 50.5 Å². The number of anilines is 1. The maximum atomic E-state index is 12.3. The van der Waals surface area contributed by atoms with Crippen molar-refractivity contribution in [2.24, 2.45) is 5.73 Å². The molecule has 22 heavy (non-hydrogen) atoms. The largest absolute Gasteiger partial charge is 0.492 e. The number of para-hydroxylation sites is 2. The minimum absolute atomic E-state index is 0.0830. The highest BCUT2D eigenvalue weighted by molar-refractivity contribution is 5.82. The molecule has 2 rings (SSSR count). The Morgan fingerprint density at radius 1 is 1.23 bits per heavy atom. The molecule has 0 spiro atoms. The van der Waals surface area contributed by atoms with Gasteiger partial charge in [0.25, 0.3) is 0 Å². The van der Waals surface area contributed by atoms with Gasteiger partial charge < -0.3 is 20.3 Å². The molecular formula is C17H27N3O2. The number of hydrogen-bond acceptors (Lipinski definition) is 4. The summed E-state index contributed by atoms with van der Waals surface area (Å²) in [7, 11) is 0. The Bertz CT molecular complexity index is 485. The van der Waals surface area contributed by atoms with E-state index in [2.05, 4.69) is 17.9 Å². The van der Waals surface area contributed by atoms with E-state index >= 15 is 0 Å². The van der Waals surface area contributed by atoms with Gasteiger partial charge in [-0.3, -0.25) is 4.79 Å². The van der Waals surface area contributed by atoms with E-state index in [1.165, 1.54) is 0 Å². The Morgan fingerprint density at radius 3 is 2.55 bits per heavy atom. The van der Waals surface area contributed by atoms with Crippen LogP contribution in [-0.4, -0.2) is 49.6 Å². The Labute approximate surface area is 133 Å². The summed E-state index contributed by atoms with van der Waals surface area (Å²) in [5.41, 5.74) is 7.05. The van der Waals surface area contributed by atoms with Crippen LogP contribution < -0.4 is 15.4 Å². The lowest BCUT2D eigenvalue weighted by atomic mass is 10.1. The number of hydrogen-bond donors (Lipinski definition) is 1. The van der Waals surface area contributed by atoms with Gasteiger partial charge in [-0.05, 0) is 25.5 Å². The van der Waals surface area contributed by atoms with Crippen LogP contribution in [0.15, 0.2) is 24.3 Å². The van der Waals surface area contributed by atoms with Gasteiger partial charge >= 0.3 is 0 Å². The first kappa shape index (κ1) is 16.6. The fourth-order valence-electron chi connectivity index (χ4n) is 2.83. The third-order valence-electron chi connectivity index (χ3n) is 4.01. The molecule has 1 amide bonds. The highest BCUT2D eigenvalue weighted by Gasteiger charge is 2.25. The number of carbonyl (C=O) groups excluding carboxylic acids is 1. The molecule has 0 aliphatic carbocycles. The zero-order chi connectivity index (χ0) is 15.9. The molecular weight excluding hydrogens is 278 g/mol. The third kappa shape index (κ3) is 3.91. The predicted molar refractivity (Wildman–Crippen MR) is 89.3 cm³/mol. The van der Waals surface area contributed by atoms with Crippen LogP contribution in [0.4, 0.5) is 5.69 Å². The number of amides is 1. The summed E-state index contributed by atoms with van der Waals surface area (Å²) >= 11 is 0. The summed E-state index contributed by atoms with van der Waals surface area (Å²) in [6.45, 7) is 7.76. The van der Waals surface area contributed by atoms with Gasteiger partial charge in [-0.25, -0.2) is 0 Å². The molecule has 1 unspecified atom stereocenters. The molecule has 1 aliphatic heterocycles. The average Bonchev–Trinajstić information content (AvgIpc) is 2.55. The molecule has 0 radical (unpaired) electrons. The molecule has 122 valence electrons. The molecule has 1 heterocycles. The molecule has 1 aliphatic rings. The first-order valence-corrected chi connectivity index (χ1v) is 8.18. The van der Waals surface area contributed by atoms with E-state index in [1.54, 1.807) is 0 Å². The second-order valence-corrected chi connectivity index (χ2v) is 5.61. The van der Waals surface area contributed by atoms with Crippen molar-refractivity contribution >= 4 is 11.6 Å². The summed E-state index contributed by atoms with van der Waals surface area (Å²) in [6.07, 6.45) is 1.70. The van der Waals surface area contributed by atoms with Crippen LogP contribution in [0.1, 0.15) is 26.7 Å². The lowest BCUT2D eigenvalue weighted by Crippen LogP contribution is -2.53. The highest BCUT2D eigenvalue weighted by atomic mass is 16.5. The van der Waals surface area contributed by atoms with Crippen LogP contribution in [-0.2, 0) is 4.79 Å². The summed E-state index contributed by atoms with van der Waals surface area (Å²) in [6, 6.07) is 7.72. The van der Waals surface area contributed by atoms with Gasteiger partial charge in [0.1, 0.15) is 5.75 Å². The Kier molecular flexibility index (Phi) is 6.07. The van der Waals surface area contributed by atoms with E-state index in [-0.39, 0.29) is 11.9 Å². The lowest BCUT2D eigenvalue weighted by Gasteiger charge is -2.37. The molecule has 1 atom stereocenters. The number of benzene rings is 1. The topological polar surface area (TPSA) is 58.8 Å². The minimum atomic E-state index is -0.354. The number of rotatable bonds is 6. The number of piperazine rings is 1. The van der Waals surface area contributed by atoms with E-state index in [0.29, 0.717) is 6.61 Å². The maximum absolute atomic E-state index is 12.3. The van der Waals surface area contributed by atoms with Gasteiger partial charge in [0.05, 0.1) is 18.3 Å². The van der Waals surface area contributed by atoms with Crippen LogP contribution in [0.2, 0.25) is 0 Å². The van der Waals surface area contributed by atoms with Crippen molar-refractivity contribution in [3.63, 3.8) is 0 Å². The molecule has 5 nitrogen and oxygen atoms in total. The Balaban J connectivity index is 1.96. The van der Waals surface area contributed by atoms with E-state index in [9.17, 15) is 4.79 Å². The molecule has 1 saturated heterocycles. The zero-order valence-corrected chi connectivity index (χ0v) is 13.6. The fourth-order valence-corrected chi connectivity index (χ4v) is 2.83. The van der Waals surface area contributed by atoms with Gasteiger partial charge in [0, 0.05) is 26.2 Å². The zero-order valence-electron chi connectivity index (χ0n) is 13.6.